The van der Waals surface area contributed by atoms with Gasteiger partial charge >= 0.3 is 0 Å². The fourth-order valence-electron chi connectivity index (χ4n) is 0.422. The lowest BCUT2D eigenvalue weighted by atomic mass is 10.8. The van der Waals surface area contributed by atoms with Crippen LogP contribution in [0.5, 0.6) is 0 Å². The van der Waals surface area contributed by atoms with Crippen LogP contribution in [0.4, 0.5) is 0 Å². The van der Waals surface area contributed by atoms with E-state index in [0.717, 1.165) is 17.5 Å². The van der Waals surface area contributed by atoms with Gasteiger partial charge in [0.05, 0.1) is 6.54 Å². The van der Waals surface area contributed by atoms with Crippen LogP contribution in [0.25, 0.3) is 0 Å². The number of thioether (sulfide) groups is 1. The molecule has 1 aliphatic heterocycles. The molecule has 0 saturated heterocycles. The molecule has 1 heterocycles. The van der Waals surface area contributed by atoms with E-state index in [1.165, 1.54) is 0 Å². The van der Waals surface area contributed by atoms with Gasteiger partial charge in [-0.3, -0.25) is 4.99 Å². The molecule has 0 aliphatic carbocycles. The Morgan fingerprint density at radius 1 is 1.86 bits per heavy atom. The van der Waals surface area contributed by atoms with Crippen molar-refractivity contribution in [2.24, 2.45) is 4.99 Å². The Bertz CT molecular complexity index is 92.9. The highest BCUT2D eigenvalue weighted by Crippen LogP contribution is 2.08. The zero-order valence-corrected chi connectivity index (χ0v) is 5.82. The zero-order chi connectivity index (χ0) is 5.11. The quantitative estimate of drug-likeness (QED) is 0.487. The molecule has 0 saturated carbocycles. The summed E-state index contributed by atoms with van der Waals surface area (Å²) in [5.41, 5.74) is 0. The molecule has 1 rings (SSSR count). The van der Waals surface area contributed by atoms with Crippen molar-refractivity contribution in [3.05, 3.63) is 0 Å². The lowest BCUT2D eigenvalue weighted by Gasteiger charge is -1.90. The second-order valence-corrected chi connectivity index (χ2v) is 2.55. The summed E-state index contributed by atoms with van der Waals surface area (Å²) in [6.07, 6.45) is 0. The van der Waals surface area contributed by atoms with Gasteiger partial charge in [0.15, 0.2) is 5.17 Å². The summed E-state index contributed by atoms with van der Waals surface area (Å²) in [6.45, 7) is 0.974. The maximum Gasteiger partial charge on any atom is 0.159 e. The second kappa shape index (κ2) is 2.53. The van der Waals surface area contributed by atoms with E-state index in [2.05, 4.69) is 19.5 Å². The average molecular weight is 134 g/mol. The molecule has 1 N–H and O–H groups in total. The predicted molar refractivity (Wildman–Crippen MR) is 37.6 cm³/mol. The summed E-state index contributed by atoms with van der Waals surface area (Å²) in [5.74, 6) is 1.14. The first-order valence-corrected chi connectivity index (χ1v) is 3.63. The van der Waals surface area contributed by atoms with Crippen LogP contribution in [0.3, 0.4) is 0 Å². The minimum Gasteiger partial charge on any atom is -0.349 e. The molecule has 0 radical (unpaired) electrons. The maximum absolute atomic E-state index is 4.10. The summed E-state index contributed by atoms with van der Waals surface area (Å²) in [4.78, 5) is 4.10. The van der Waals surface area contributed by atoms with Crippen molar-refractivity contribution < 1.29 is 0 Å². The van der Waals surface area contributed by atoms with Crippen LogP contribution in [0, 0.1) is 0 Å². The van der Waals surface area contributed by atoms with Crippen molar-refractivity contribution in [3.8, 4) is 0 Å². The Kier molecular flexibility index (Phi) is 1.95. The first-order chi connectivity index (χ1) is 3.43. The second-order valence-electron chi connectivity index (χ2n) is 1.18. The van der Waals surface area contributed by atoms with Gasteiger partial charge < -0.3 is 5.09 Å². The lowest BCUT2D eigenvalue weighted by molar-refractivity contribution is 1.17. The van der Waals surface area contributed by atoms with Crippen molar-refractivity contribution in [1.29, 1.82) is 0 Å². The summed E-state index contributed by atoms with van der Waals surface area (Å²) in [5, 5.41) is 3.94. The van der Waals surface area contributed by atoms with Gasteiger partial charge in [-0.2, -0.15) is 0 Å². The molecule has 0 bridgehead atoms. The van der Waals surface area contributed by atoms with Crippen LogP contribution in [0.1, 0.15) is 0 Å². The number of nitrogens with one attached hydrogen (secondary N) is 1. The van der Waals surface area contributed by atoms with Crippen molar-refractivity contribution in [2.45, 2.75) is 0 Å². The van der Waals surface area contributed by atoms with E-state index in [9.17, 15) is 0 Å². The van der Waals surface area contributed by atoms with Gasteiger partial charge in [-0.1, -0.05) is 11.8 Å². The van der Waals surface area contributed by atoms with Crippen molar-refractivity contribution >= 4 is 26.3 Å². The maximum atomic E-state index is 4.10. The molecule has 1 unspecified atom stereocenters. The van der Waals surface area contributed by atoms with Gasteiger partial charge in [0.1, 0.15) is 0 Å². The average Bonchev–Trinajstić information content (AvgIpc) is 2.14. The van der Waals surface area contributed by atoms with Gasteiger partial charge in [-0.25, -0.2) is 0 Å². The van der Waals surface area contributed by atoms with Crippen LogP contribution < -0.4 is 5.09 Å². The summed E-state index contributed by atoms with van der Waals surface area (Å²) >= 11 is 1.76. The molecule has 1 aliphatic rings. The number of rotatable bonds is 0. The van der Waals surface area contributed by atoms with Crippen LogP contribution in [-0.4, -0.2) is 17.5 Å². The molecule has 2 nitrogen and oxygen atoms in total. The molecule has 0 aromatic carbocycles. The van der Waals surface area contributed by atoms with Crippen molar-refractivity contribution in [3.63, 3.8) is 0 Å². The number of amidine groups is 1. The van der Waals surface area contributed by atoms with Crippen LogP contribution in [-0.2, 0) is 0 Å². The molecule has 1 atom stereocenters. The van der Waals surface area contributed by atoms with Crippen LogP contribution in [0.2, 0.25) is 0 Å². The molecule has 0 amide bonds. The highest BCUT2D eigenvalue weighted by molar-refractivity contribution is 8.14. The third-order valence-corrected chi connectivity index (χ3v) is 2.10. The molecular weight excluding hydrogens is 127 g/mol. The SMILES string of the molecule is PNC1=NCCS1. The minimum atomic E-state index is 0.974. The molecule has 0 fully saturated rings. The van der Waals surface area contributed by atoms with Gasteiger partial charge in [-0.05, 0) is 9.39 Å². The number of hydrogen-bond donors (Lipinski definition) is 1. The first-order valence-electron chi connectivity index (χ1n) is 2.07. The van der Waals surface area contributed by atoms with Gasteiger partial charge in [0.2, 0.25) is 0 Å². The number of nitrogens with zero attached hydrogens (tertiary/aromatic N) is 1. The topological polar surface area (TPSA) is 24.4 Å². The van der Waals surface area contributed by atoms with E-state index < -0.39 is 0 Å². The molecular formula is C3H7N2PS. The third kappa shape index (κ3) is 1.32. The van der Waals surface area contributed by atoms with E-state index in [-0.39, 0.29) is 0 Å². The Hall–Kier alpha value is 0.250. The highest BCUT2D eigenvalue weighted by atomic mass is 32.2. The smallest absolute Gasteiger partial charge is 0.159 e. The minimum absolute atomic E-state index is 0.974. The lowest BCUT2D eigenvalue weighted by Crippen LogP contribution is -2.02. The van der Waals surface area contributed by atoms with Crippen LogP contribution >= 0.6 is 21.2 Å². The van der Waals surface area contributed by atoms with E-state index in [1.807, 2.05) is 0 Å². The summed E-state index contributed by atoms with van der Waals surface area (Å²) < 4.78 is 0. The van der Waals surface area contributed by atoms with E-state index in [1.54, 1.807) is 11.8 Å². The third-order valence-electron chi connectivity index (χ3n) is 0.709. The van der Waals surface area contributed by atoms with Gasteiger partial charge in [0.25, 0.3) is 0 Å². The highest BCUT2D eigenvalue weighted by Gasteiger charge is 2.01. The van der Waals surface area contributed by atoms with Gasteiger partial charge in [0, 0.05) is 5.75 Å². The van der Waals surface area contributed by atoms with E-state index in [0.29, 0.717) is 0 Å². The Morgan fingerprint density at radius 3 is 3.00 bits per heavy atom. The summed E-state index contributed by atoms with van der Waals surface area (Å²) in [6, 6.07) is 0. The fourth-order valence-corrected chi connectivity index (χ4v) is 1.41. The normalized spacial score (nSPS) is 19.3. The molecule has 40 valence electrons. The van der Waals surface area contributed by atoms with E-state index >= 15 is 0 Å². The standard InChI is InChI=1S/C3H7N2PS/c6-5-3-4-1-2-7-3/h1-2,6H2,(H,4,5). The monoisotopic (exact) mass is 134 g/mol. The van der Waals surface area contributed by atoms with Crippen LogP contribution in [0.15, 0.2) is 4.99 Å². The van der Waals surface area contributed by atoms with E-state index in [4.69, 9.17) is 0 Å². The number of hydrogen-bond acceptors (Lipinski definition) is 3. The summed E-state index contributed by atoms with van der Waals surface area (Å²) in [7, 11) is 2.42. The Balaban J connectivity index is 2.36. The van der Waals surface area contributed by atoms with Gasteiger partial charge in [-0.15, -0.1) is 0 Å². The predicted octanol–water partition coefficient (Wildman–Crippen LogP) is 0.469. The number of aliphatic imine (C=N–C) groups is 1. The van der Waals surface area contributed by atoms with Crippen molar-refractivity contribution in [2.75, 3.05) is 12.3 Å². The first kappa shape index (κ1) is 5.39. The molecule has 0 aromatic heterocycles. The fraction of sp³-hybridized carbons (Fsp3) is 0.667. The Labute approximate surface area is 49.4 Å². The molecule has 7 heavy (non-hydrogen) atoms. The zero-order valence-electron chi connectivity index (χ0n) is 3.85. The molecule has 0 spiro atoms. The Morgan fingerprint density at radius 2 is 2.71 bits per heavy atom. The molecule has 4 heteroatoms. The van der Waals surface area contributed by atoms with Crippen molar-refractivity contribution in [1.82, 2.24) is 5.09 Å². The largest absolute Gasteiger partial charge is 0.349 e. The molecule has 0 aromatic rings.